The van der Waals surface area contributed by atoms with Crippen molar-refractivity contribution >= 4 is 5.78 Å². The number of Topliss-reactive ketones (excluding diaryl/α,β-unsaturated/α-hetero) is 1. The molecule has 1 fully saturated rings. The molecule has 0 N–H and O–H groups in total. The van der Waals surface area contributed by atoms with Crippen LogP contribution < -0.4 is 0 Å². The molecular formula is C11H21NO. The standard InChI is InChI=1S/C11H21NO/c1-8(2)11(13)10-5-6-12(7-10)9(3)4/h8-10H,5-7H2,1-4H3. The first-order valence-electron chi connectivity index (χ1n) is 5.30. The van der Waals surface area contributed by atoms with Gasteiger partial charge in [-0.05, 0) is 26.8 Å². The highest BCUT2D eigenvalue weighted by molar-refractivity contribution is 5.83. The van der Waals surface area contributed by atoms with Gasteiger partial charge in [0.1, 0.15) is 5.78 Å². The summed E-state index contributed by atoms with van der Waals surface area (Å²) in [5.41, 5.74) is 0. The Morgan fingerprint density at radius 2 is 1.92 bits per heavy atom. The number of nitrogens with zero attached hydrogens (tertiary/aromatic N) is 1. The van der Waals surface area contributed by atoms with E-state index in [0.29, 0.717) is 17.7 Å². The second kappa shape index (κ2) is 4.23. The van der Waals surface area contributed by atoms with Crippen LogP contribution in [-0.4, -0.2) is 29.8 Å². The summed E-state index contributed by atoms with van der Waals surface area (Å²) in [7, 11) is 0. The lowest BCUT2D eigenvalue weighted by Crippen LogP contribution is -2.30. The molecule has 0 aliphatic carbocycles. The fourth-order valence-corrected chi connectivity index (χ4v) is 1.96. The molecule has 0 aromatic rings. The Balaban J connectivity index is 2.45. The normalized spacial score (nSPS) is 24.6. The third-order valence-corrected chi connectivity index (χ3v) is 2.92. The molecule has 1 unspecified atom stereocenters. The molecular weight excluding hydrogens is 162 g/mol. The highest BCUT2D eigenvalue weighted by Gasteiger charge is 2.30. The highest BCUT2D eigenvalue weighted by atomic mass is 16.1. The molecule has 0 saturated carbocycles. The Hall–Kier alpha value is -0.370. The minimum Gasteiger partial charge on any atom is -0.300 e. The Bertz CT molecular complexity index is 187. The predicted octanol–water partition coefficient (Wildman–Crippen LogP) is 1.94. The van der Waals surface area contributed by atoms with Gasteiger partial charge in [-0.25, -0.2) is 0 Å². The molecule has 0 radical (unpaired) electrons. The van der Waals surface area contributed by atoms with Gasteiger partial charge in [0.15, 0.2) is 0 Å². The first kappa shape index (κ1) is 10.7. The van der Waals surface area contributed by atoms with Crippen molar-refractivity contribution < 1.29 is 4.79 Å². The molecule has 76 valence electrons. The Kier molecular flexibility index (Phi) is 3.48. The van der Waals surface area contributed by atoms with Gasteiger partial charge in [0.25, 0.3) is 0 Å². The first-order valence-corrected chi connectivity index (χ1v) is 5.30. The Morgan fingerprint density at radius 3 is 2.31 bits per heavy atom. The molecule has 2 heteroatoms. The SMILES string of the molecule is CC(C)C(=O)C1CCN(C(C)C)C1. The summed E-state index contributed by atoms with van der Waals surface area (Å²) in [5, 5.41) is 0. The number of carbonyl (C=O) groups excluding carboxylic acids is 1. The van der Waals surface area contributed by atoms with Gasteiger partial charge in [0.05, 0.1) is 0 Å². The molecule has 13 heavy (non-hydrogen) atoms. The number of hydrogen-bond acceptors (Lipinski definition) is 2. The molecule has 1 rings (SSSR count). The fourth-order valence-electron chi connectivity index (χ4n) is 1.96. The van der Waals surface area contributed by atoms with Crippen molar-refractivity contribution in [2.75, 3.05) is 13.1 Å². The lowest BCUT2D eigenvalue weighted by atomic mass is 9.95. The molecule has 1 heterocycles. The monoisotopic (exact) mass is 183 g/mol. The summed E-state index contributed by atoms with van der Waals surface area (Å²) in [5.74, 6) is 0.961. The van der Waals surface area contributed by atoms with E-state index in [-0.39, 0.29) is 5.92 Å². The highest BCUT2D eigenvalue weighted by Crippen LogP contribution is 2.21. The Labute approximate surface area is 81.3 Å². The third kappa shape index (κ3) is 2.53. The number of ketones is 1. The zero-order valence-electron chi connectivity index (χ0n) is 9.21. The second-order valence-electron chi connectivity index (χ2n) is 4.63. The number of carbonyl (C=O) groups is 1. The zero-order chi connectivity index (χ0) is 10.0. The smallest absolute Gasteiger partial charge is 0.139 e. The minimum atomic E-state index is 0.206. The van der Waals surface area contributed by atoms with Crippen molar-refractivity contribution in [1.29, 1.82) is 0 Å². The predicted molar refractivity (Wildman–Crippen MR) is 54.7 cm³/mol. The van der Waals surface area contributed by atoms with Crippen LogP contribution in [0.3, 0.4) is 0 Å². The molecule has 1 aliphatic rings. The van der Waals surface area contributed by atoms with Gasteiger partial charge in [0.2, 0.25) is 0 Å². The van der Waals surface area contributed by atoms with Gasteiger partial charge in [-0.3, -0.25) is 4.79 Å². The summed E-state index contributed by atoms with van der Waals surface area (Å²) in [4.78, 5) is 14.1. The number of hydrogen-bond donors (Lipinski definition) is 0. The van der Waals surface area contributed by atoms with Gasteiger partial charge in [-0.15, -0.1) is 0 Å². The summed E-state index contributed by atoms with van der Waals surface area (Å²) in [6, 6.07) is 0.588. The quantitative estimate of drug-likeness (QED) is 0.666. The van der Waals surface area contributed by atoms with Gasteiger partial charge in [-0.2, -0.15) is 0 Å². The van der Waals surface area contributed by atoms with Crippen molar-refractivity contribution in [1.82, 2.24) is 4.90 Å². The van der Waals surface area contributed by atoms with Gasteiger partial charge >= 0.3 is 0 Å². The molecule has 0 amide bonds. The maximum atomic E-state index is 11.7. The van der Waals surface area contributed by atoms with Crippen molar-refractivity contribution in [2.24, 2.45) is 11.8 Å². The van der Waals surface area contributed by atoms with Crippen LogP contribution in [0.25, 0.3) is 0 Å². The van der Waals surface area contributed by atoms with E-state index in [4.69, 9.17) is 0 Å². The van der Waals surface area contributed by atoms with Crippen LogP contribution in [0.15, 0.2) is 0 Å². The average molecular weight is 183 g/mol. The summed E-state index contributed by atoms with van der Waals surface area (Å²) >= 11 is 0. The van der Waals surface area contributed by atoms with Crippen LogP contribution in [0, 0.1) is 11.8 Å². The van der Waals surface area contributed by atoms with E-state index in [0.717, 1.165) is 19.5 Å². The molecule has 1 saturated heterocycles. The van der Waals surface area contributed by atoms with Crippen LogP contribution >= 0.6 is 0 Å². The van der Waals surface area contributed by atoms with Crippen LogP contribution in [0.4, 0.5) is 0 Å². The molecule has 0 bridgehead atoms. The summed E-state index contributed by atoms with van der Waals surface area (Å²) in [6.45, 7) is 10.5. The maximum Gasteiger partial charge on any atom is 0.139 e. The van der Waals surface area contributed by atoms with Crippen LogP contribution in [0.2, 0.25) is 0 Å². The molecule has 0 aromatic heterocycles. The van der Waals surface area contributed by atoms with Crippen LogP contribution in [-0.2, 0) is 4.79 Å². The molecule has 1 atom stereocenters. The second-order valence-corrected chi connectivity index (χ2v) is 4.63. The van der Waals surface area contributed by atoms with E-state index in [2.05, 4.69) is 18.7 Å². The molecule has 0 aromatic carbocycles. The van der Waals surface area contributed by atoms with E-state index < -0.39 is 0 Å². The summed E-state index contributed by atoms with van der Waals surface area (Å²) < 4.78 is 0. The van der Waals surface area contributed by atoms with E-state index in [1.165, 1.54) is 0 Å². The maximum absolute atomic E-state index is 11.7. The number of likely N-dealkylation sites (tertiary alicyclic amines) is 1. The number of rotatable bonds is 3. The van der Waals surface area contributed by atoms with Gasteiger partial charge in [0, 0.05) is 24.4 Å². The Morgan fingerprint density at radius 1 is 1.31 bits per heavy atom. The fraction of sp³-hybridized carbons (Fsp3) is 0.909. The van der Waals surface area contributed by atoms with Crippen molar-refractivity contribution in [3.05, 3.63) is 0 Å². The van der Waals surface area contributed by atoms with Crippen molar-refractivity contribution in [2.45, 2.75) is 40.2 Å². The molecule has 2 nitrogen and oxygen atoms in total. The van der Waals surface area contributed by atoms with E-state index in [9.17, 15) is 4.79 Å². The largest absolute Gasteiger partial charge is 0.300 e. The van der Waals surface area contributed by atoms with E-state index >= 15 is 0 Å². The molecule has 1 aliphatic heterocycles. The van der Waals surface area contributed by atoms with E-state index in [1.807, 2.05) is 13.8 Å². The van der Waals surface area contributed by atoms with Crippen molar-refractivity contribution in [3.63, 3.8) is 0 Å². The third-order valence-electron chi connectivity index (χ3n) is 2.92. The van der Waals surface area contributed by atoms with Crippen LogP contribution in [0.1, 0.15) is 34.1 Å². The summed E-state index contributed by atoms with van der Waals surface area (Å²) in [6.07, 6.45) is 1.06. The lowest BCUT2D eigenvalue weighted by Gasteiger charge is -2.20. The minimum absolute atomic E-state index is 0.206. The topological polar surface area (TPSA) is 20.3 Å². The molecule has 0 spiro atoms. The van der Waals surface area contributed by atoms with Gasteiger partial charge < -0.3 is 4.90 Å². The zero-order valence-corrected chi connectivity index (χ0v) is 9.21. The average Bonchev–Trinajstić information content (AvgIpc) is 2.50. The first-order chi connectivity index (χ1) is 6.02. The lowest BCUT2D eigenvalue weighted by molar-refractivity contribution is -0.125. The van der Waals surface area contributed by atoms with Crippen molar-refractivity contribution in [3.8, 4) is 0 Å². The van der Waals surface area contributed by atoms with Gasteiger partial charge in [-0.1, -0.05) is 13.8 Å². The van der Waals surface area contributed by atoms with E-state index in [1.54, 1.807) is 0 Å². The van der Waals surface area contributed by atoms with Crippen LogP contribution in [0.5, 0.6) is 0 Å².